The Hall–Kier alpha value is -0.410. The minimum atomic E-state index is -0.256. The van der Waals surface area contributed by atoms with Gasteiger partial charge in [-0.2, -0.15) is 0 Å². The van der Waals surface area contributed by atoms with Crippen LogP contribution in [0.4, 0.5) is 0 Å². The Morgan fingerprint density at radius 2 is 1.83 bits per heavy atom. The molecule has 1 rings (SSSR count). The second-order valence-electron chi connectivity index (χ2n) is 6.85. The summed E-state index contributed by atoms with van der Waals surface area (Å²) in [5.74, 6) is 0.223. The standard InChI is InChI=1S/C15H30N2O/c1-15(2,3)12-14(18)13(16)8-7-11-17-9-5-4-6-10-17/h13H,4-12,16H2,1-3H3. The van der Waals surface area contributed by atoms with Crippen molar-refractivity contribution < 1.29 is 4.79 Å². The van der Waals surface area contributed by atoms with Gasteiger partial charge in [0.05, 0.1) is 6.04 Å². The first-order chi connectivity index (χ1) is 8.38. The van der Waals surface area contributed by atoms with Gasteiger partial charge in [0.15, 0.2) is 0 Å². The number of Topliss-reactive ketones (excluding diaryl/α,β-unsaturated/α-hetero) is 1. The quantitative estimate of drug-likeness (QED) is 0.792. The van der Waals surface area contributed by atoms with Crippen LogP contribution in [0.3, 0.4) is 0 Å². The molecular formula is C15H30N2O. The fourth-order valence-electron chi connectivity index (χ4n) is 2.53. The molecule has 1 aliphatic heterocycles. The molecule has 3 nitrogen and oxygen atoms in total. The van der Waals surface area contributed by atoms with E-state index >= 15 is 0 Å². The van der Waals surface area contributed by atoms with Gasteiger partial charge in [-0.1, -0.05) is 27.2 Å². The summed E-state index contributed by atoms with van der Waals surface area (Å²) in [6.45, 7) is 9.83. The molecule has 18 heavy (non-hydrogen) atoms. The normalized spacial score (nSPS) is 19.8. The molecule has 0 saturated carbocycles. The van der Waals surface area contributed by atoms with Gasteiger partial charge in [0, 0.05) is 6.42 Å². The Labute approximate surface area is 112 Å². The van der Waals surface area contributed by atoms with Crippen LogP contribution in [0.5, 0.6) is 0 Å². The molecule has 1 heterocycles. The van der Waals surface area contributed by atoms with Gasteiger partial charge in [-0.15, -0.1) is 0 Å². The van der Waals surface area contributed by atoms with Crippen molar-refractivity contribution in [1.82, 2.24) is 4.90 Å². The molecule has 1 unspecified atom stereocenters. The molecule has 1 fully saturated rings. The molecule has 1 saturated heterocycles. The summed E-state index contributed by atoms with van der Waals surface area (Å²) in [4.78, 5) is 14.4. The number of nitrogens with two attached hydrogens (primary N) is 1. The van der Waals surface area contributed by atoms with Crippen molar-refractivity contribution in [2.45, 2.75) is 65.3 Å². The monoisotopic (exact) mass is 254 g/mol. The van der Waals surface area contributed by atoms with Crippen molar-refractivity contribution >= 4 is 5.78 Å². The minimum Gasteiger partial charge on any atom is -0.322 e. The summed E-state index contributed by atoms with van der Waals surface area (Å²) in [6.07, 6.45) is 6.52. The SMILES string of the molecule is CC(C)(C)CC(=O)C(N)CCCN1CCCCC1. The number of carbonyl (C=O) groups is 1. The molecule has 1 aliphatic rings. The van der Waals surface area contributed by atoms with Crippen molar-refractivity contribution in [3.05, 3.63) is 0 Å². The summed E-state index contributed by atoms with van der Waals surface area (Å²) < 4.78 is 0. The second-order valence-corrected chi connectivity index (χ2v) is 6.85. The van der Waals surface area contributed by atoms with E-state index in [-0.39, 0.29) is 17.2 Å². The van der Waals surface area contributed by atoms with Crippen molar-refractivity contribution in [2.24, 2.45) is 11.1 Å². The minimum absolute atomic E-state index is 0.0571. The fraction of sp³-hybridized carbons (Fsp3) is 0.933. The van der Waals surface area contributed by atoms with E-state index in [9.17, 15) is 4.79 Å². The highest BCUT2D eigenvalue weighted by Crippen LogP contribution is 2.20. The number of likely N-dealkylation sites (tertiary alicyclic amines) is 1. The van der Waals surface area contributed by atoms with Crippen LogP contribution in [-0.4, -0.2) is 36.4 Å². The van der Waals surface area contributed by atoms with Gasteiger partial charge in [-0.05, 0) is 50.7 Å². The summed E-state index contributed by atoms with van der Waals surface area (Å²) in [6, 6.07) is -0.256. The van der Waals surface area contributed by atoms with Crippen LogP contribution in [0.2, 0.25) is 0 Å². The van der Waals surface area contributed by atoms with Crippen LogP contribution >= 0.6 is 0 Å². The molecule has 0 amide bonds. The third-order valence-electron chi connectivity index (χ3n) is 3.56. The van der Waals surface area contributed by atoms with Gasteiger partial charge in [0.25, 0.3) is 0 Å². The van der Waals surface area contributed by atoms with E-state index in [0.717, 1.165) is 19.4 Å². The third-order valence-corrected chi connectivity index (χ3v) is 3.56. The molecule has 0 aliphatic carbocycles. The van der Waals surface area contributed by atoms with Gasteiger partial charge in [0.2, 0.25) is 0 Å². The first-order valence-electron chi connectivity index (χ1n) is 7.39. The summed E-state index contributed by atoms with van der Waals surface area (Å²) in [5.41, 5.74) is 6.03. The molecule has 0 aromatic carbocycles. The molecule has 2 N–H and O–H groups in total. The van der Waals surface area contributed by atoms with Gasteiger partial charge in [0.1, 0.15) is 5.78 Å². The topological polar surface area (TPSA) is 46.3 Å². The van der Waals surface area contributed by atoms with Gasteiger partial charge in [-0.25, -0.2) is 0 Å². The van der Waals surface area contributed by atoms with Crippen molar-refractivity contribution in [1.29, 1.82) is 0 Å². The molecule has 1 atom stereocenters. The maximum Gasteiger partial charge on any atom is 0.150 e. The predicted octanol–water partition coefficient (Wildman–Crippen LogP) is 2.59. The van der Waals surface area contributed by atoms with Gasteiger partial charge in [-0.3, -0.25) is 4.79 Å². The van der Waals surface area contributed by atoms with Gasteiger partial charge < -0.3 is 10.6 Å². The Balaban J connectivity index is 2.15. The van der Waals surface area contributed by atoms with Crippen LogP contribution in [0.25, 0.3) is 0 Å². The van der Waals surface area contributed by atoms with Crippen LogP contribution in [0.15, 0.2) is 0 Å². The predicted molar refractivity (Wildman–Crippen MR) is 76.6 cm³/mol. The zero-order chi connectivity index (χ0) is 13.6. The lowest BCUT2D eigenvalue weighted by Crippen LogP contribution is -2.35. The summed E-state index contributed by atoms with van der Waals surface area (Å²) >= 11 is 0. The molecule has 106 valence electrons. The number of piperidine rings is 1. The van der Waals surface area contributed by atoms with E-state index in [1.54, 1.807) is 0 Å². The lowest BCUT2D eigenvalue weighted by atomic mass is 9.87. The molecule has 3 heteroatoms. The highest BCUT2D eigenvalue weighted by molar-refractivity contribution is 5.84. The second kappa shape index (κ2) is 7.25. The van der Waals surface area contributed by atoms with E-state index in [4.69, 9.17) is 5.73 Å². The Kier molecular flexibility index (Phi) is 6.30. The van der Waals surface area contributed by atoms with E-state index in [0.29, 0.717) is 6.42 Å². The third kappa shape index (κ3) is 6.50. The maximum absolute atomic E-state index is 11.9. The number of carbonyl (C=O) groups excluding carboxylic acids is 1. The number of hydrogen-bond donors (Lipinski definition) is 1. The first kappa shape index (κ1) is 15.6. The zero-order valence-electron chi connectivity index (χ0n) is 12.4. The average Bonchev–Trinajstić information content (AvgIpc) is 2.28. The summed E-state index contributed by atoms with van der Waals surface area (Å²) in [7, 11) is 0. The van der Waals surface area contributed by atoms with E-state index < -0.39 is 0 Å². The first-order valence-corrected chi connectivity index (χ1v) is 7.39. The van der Waals surface area contributed by atoms with Crippen LogP contribution < -0.4 is 5.73 Å². The zero-order valence-corrected chi connectivity index (χ0v) is 12.4. The van der Waals surface area contributed by atoms with Crippen molar-refractivity contribution in [3.63, 3.8) is 0 Å². The number of ketones is 1. The Bertz CT molecular complexity index is 252. The maximum atomic E-state index is 11.9. The molecule has 0 aromatic rings. The van der Waals surface area contributed by atoms with Crippen molar-refractivity contribution in [2.75, 3.05) is 19.6 Å². The Morgan fingerprint density at radius 3 is 2.39 bits per heavy atom. The molecular weight excluding hydrogens is 224 g/mol. The highest BCUT2D eigenvalue weighted by atomic mass is 16.1. The molecule has 0 aromatic heterocycles. The number of hydrogen-bond acceptors (Lipinski definition) is 3. The highest BCUT2D eigenvalue weighted by Gasteiger charge is 2.21. The molecule has 0 bridgehead atoms. The lowest BCUT2D eigenvalue weighted by Gasteiger charge is -2.26. The van der Waals surface area contributed by atoms with Crippen LogP contribution in [0.1, 0.15) is 59.3 Å². The smallest absolute Gasteiger partial charge is 0.150 e. The van der Waals surface area contributed by atoms with Gasteiger partial charge >= 0.3 is 0 Å². The average molecular weight is 254 g/mol. The Morgan fingerprint density at radius 1 is 1.22 bits per heavy atom. The lowest BCUT2D eigenvalue weighted by molar-refractivity contribution is -0.122. The van der Waals surface area contributed by atoms with Crippen LogP contribution in [-0.2, 0) is 4.79 Å². The largest absolute Gasteiger partial charge is 0.322 e. The van der Waals surface area contributed by atoms with E-state index in [1.165, 1.54) is 32.4 Å². The number of rotatable bonds is 6. The fourth-order valence-corrected chi connectivity index (χ4v) is 2.53. The van der Waals surface area contributed by atoms with E-state index in [1.807, 2.05) is 0 Å². The number of nitrogens with zero attached hydrogens (tertiary/aromatic N) is 1. The summed E-state index contributed by atoms with van der Waals surface area (Å²) in [5, 5.41) is 0. The van der Waals surface area contributed by atoms with Crippen LogP contribution in [0, 0.1) is 5.41 Å². The van der Waals surface area contributed by atoms with E-state index in [2.05, 4.69) is 25.7 Å². The van der Waals surface area contributed by atoms with Crippen molar-refractivity contribution in [3.8, 4) is 0 Å². The molecule has 0 radical (unpaired) electrons. The molecule has 0 spiro atoms.